The molecule has 2 nitrogen and oxygen atoms in total. The van der Waals surface area contributed by atoms with Crippen LogP contribution in [0.2, 0.25) is 0 Å². The Kier molecular flexibility index (Phi) is 3.36. The molecule has 0 aliphatic heterocycles. The Morgan fingerprint density at radius 1 is 1.15 bits per heavy atom. The number of hydrogen-bond donors (Lipinski definition) is 2. The van der Waals surface area contributed by atoms with Crippen LogP contribution in [0.5, 0.6) is 0 Å². The predicted molar refractivity (Wildman–Crippen MR) is 53.4 cm³/mol. The summed E-state index contributed by atoms with van der Waals surface area (Å²) in [5.41, 5.74) is 0.000139. The van der Waals surface area contributed by atoms with Crippen molar-refractivity contribution in [1.29, 1.82) is 0 Å². The number of rotatable bonds is 2. The van der Waals surface area contributed by atoms with Crippen molar-refractivity contribution in [2.75, 3.05) is 0 Å². The van der Waals surface area contributed by atoms with Gasteiger partial charge in [0, 0.05) is 0 Å². The van der Waals surface area contributed by atoms with Gasteiger partial charge in [-0.25, -0.2) is 0 Å². The average Bonchev–Trinajstić information content (AvgIpc) is 2.04. The van der Waals surface area contributed by atoms with Crippen LogP contribution in [0.1, 0.15) is 46.5 Å². The second-order valence-electron chi connectivity index (χ2n) is 5.00. The Hall–Kier alpha value is -0.0800. The molecule has 0 amide bonds. The van der Waals surface area contributed by atoms with E-state index in [2.05, 4.69) is 13.8 Å². The van der Waals surface area contributed by atoms with E-state index >= 15 is 0 Å². The molecule has 0 aromatic carbocycles. The quantitative estimate of drug-likeness (QED) is 0.692. The first kappa shape index (κ1) is 11.0. The van der Waals surface area contributed by atoms with Gasteiger partial charge < -0.3 is 10.2 Å². The Bertz CT molecular complexity index is 155. The van der Waals surface area contributed by atoms with Gasteiger partial charge in [0.2, 0.25) is 0 Å². The third kappa shape index (κ3) is 2.44. The molecule has 0 heterocycles. The van der Waals surface area contributed by atoms with Gasteiger partial charge in [0.15, 0.2) is 0 Å². The largest absolute Gasteiger partial charge is 0.393 e. The van der Waals surface area contributed by atoms with E-state index in [1.54, 1.807) is 0 Å². The summed E-state index contributed by atoms with van der Waals surface area (Å²) < 4.78 is 0. The first-order chi connectivity index (χ1) is 5.94. The van der Waals surface area contributed by atoms with Gasteiger partial charge in [-0.1, -0.05) is 13.8 Å². The van der Waals surface area contributed by atoms with Crippen LogP contribution < -0.4 is 0 Å². The highest BCUT2D eigenvalue weighted by Gasteiger charge is 2.35. The maximum absolute atomic E-state index is 9.64. The van der Waals surface area contributed by atoms with Crippen molar-refractivity contribution in [3.63, 3.8) is 0 Å². The lowest BCUT2D eigenvalue weighted by molar-refractivity contribution is -0.0129. The normalized spacial score (nSPS) is 33.0. The van der Waals surface area contributed by atoms with E-state index < -0.39 is 0 Å². The first-order valence-corrected chi connectivity index (χ1v) is 5.30. The van der Waals surface area contributed by atoms with E-state index in [-0.39, 0.29) is 17.6 Å². The molecule has 1 atom stereocenters. The molecule has 1 aliphatic rings. The lowest BCUT2D eigenvalue weighted by Crippen LogP contribution is -2.37. The lowest BCUT2D eigenvalue weighted by atomic mass is 9.68. The molecule has 1 saturated carbocycles. The van der Waals surface area contributed by atoms with Crippen LogP contribution in [0.15, 0.2) is 0 Å². The van der Waals surface area contributed by atoms with Crippen molar-refractivity contribution in [2.45, 2.75) is 58.7 Å². The van der Waals surface area contributed by atoms with Crippen LogP contribution >= 0.6 is 0 Å². The van der Waals surface area contributed by atoms with Gasteiger partial charge in [-0.05, 0) is 43.9 Å². The highest BCUT2D eigenvalue weighted by Crippen LogP contribution is 2.40. The van der Waals surface area contributed by atoms with Gasteiger partial charge in [-0.3, -0.25) is 0 Å². The van der Waals surface area contributed by atoms with Gasteiger partial charge >= 0.3 is 0 Å². The van der Waals surface area contributed by atoms with E-state index in [0.717, 1.165) is 25.7 Å². The van der Waals surface area contributed by atoms with Crippen molar-refractivity contribution in [1.82, 2.24) is 0 Å². The molecular formula is C11H22O2. The topological polar surface area (TPSA) is 40.5 Å². The van der Waals surface area contributed by atoms with Crippen molar-refractivity contribution in [3.05, 3.63) is 0 Å². The average molecular weight is 186 g/mol. The van der Waals surface area contributed by atoms with Crippen LogP contribution in [0, 0.1) is 11.3 Å². The standard InChI is InChI=1S/C11H22O2/c1-8(12)11(2,3)9-4-6-10(13)7-5-9/h8-10,12-13H,4-7H2,1-3H3. The molecule has 2 heteroatoms. The Balaban J connectivity index is 2.52. The van der Waals surface area contributed by atoms with E-state index in [9.17, 15) is 10.2 Å². The zero-order valence-electron chi connectivity index (χ0n) is 8.95. The van der Waals surface area contributed by atoms with Gasteiger partial charge in [-0.2, -0.15) is 0 Å². The summed E-state index contributed by atoms with van der Waals surface area (Å²) in [6.07, 6.45) is 3.56. The zero-order valence-corrected chi connectivity index (χ0v) is 8.95. The predicted octanol–water partition coefficient (Wildman–Crippen LogP) is 1.94. The summed E-state index contributed by atoms with van der Waals surface area (Å²) in [7, 11) is 0. The minimum Gasteiger partial charge on any atom is -0.393 e. The number of hydrogen-bond acceptors (Lipinski definition) is 2. The van der Waals surface area contributed by atoms with Gasteiger partial charge in [-0.15, -0.1) is 0 Å². The Labute approximate surface area is 81.0 Å². The molecule has 1 aliphatic carbocycles. The third-order valence-corrected chi connectivity index (χ3v) is 3.83. The molecule has 1 fully saturated rings. The summed E-state index contributed by atoms with van der Waals surface area (Å²) in [5.74, 6) is 0.566. The summed E-state index contributed by atoms with van der Waals surface area (Å²) in [5, 5.41) is 19.0. The highest BCUT2D eigenvalue weighted by atomic mass is 16.3. The lowest BCUT2D eigenvalue weighted by Gasteiger charge is -2.40. The summed E-state index contributed by atoms with van der Waals surface area (Å²) in [6.45, 7) is 6.12. The Morgan fingerprint density at radius 2 is 1.62 bits per heavy atom. The maximum Gasteiger partial charge on any atom is 0.0565 e. The minimum atomic E-state index is -0.257. The molecule has 0 aromatic rings. The van der Waals surface area contributed by atoms with E-state index in [4.69, 9.17) is 0 Å². The molecule has 78 valence electrons. The first-order valence-electron chi connectivity index (χ1n) is 5.30. The highest BCUT2D eigenvalue weighted by molar-refractivity contribution is 4.86. The molecule has 0 aromatic heterocycles. The van der Waals surface area contributed by atoms with Crippen LogP contribution in [0.3, 0.4) is 0 Å². The van der Waals surface area contributed by atoms with Crippen LogP contribution in [-0.2, 0) is 0 Å². The molecule has 0 bridgehead atoms. The van der Waals surface area contributed by atoms with E-state index in [1.165, 1.54) is 0 Å². The fourth-order valence-electron chi connectivity index (χ4n) is 2.16. The summed E-state index contributed by atoms with van der Waals surface area (Å²) in [4.78, 5) is 0. The smallest absolute Gasteiger partial charge is 0.0565 e. The van der Waals surface area contributed by atoms with Gasteiger partial charge in [0.25, 0.3) is 0 Å². The summed E-state index contributed by atoms with van der Waals surface area (Å²) >= 11 is 0. The van der Waals surface area contributed by atoms with E-state index in [0.29, 0.717) is 5.92 Å². The van der Waals surface area contributed by atoms with Gasteiger partial charge in [0.05, 0.1) is 12.2 Å². The summed E-state index contributed by atoms with van der Waals surface area (Å²) in [6, 6.07) is 0. The Morgan fingerprint density at radius 3 is 2.00 bits per heavy atom. The monoisotopic (exact) mass is 186 g/mol. The molecule has 2 N–H and O–H groups in total. The fourth-order valence-corrected chi connectivity index (χ4v) is 2.16. The second kappa shape index (κ2) is 3.97. The van der Waals surface area contributed by atoms with E-state index in [1.807, 2.05) is 6.92 Å². The molecule has 1 unspecified atom stereocenters. The molecule has 0 saturated heterocycles. The third-order valence-electron chi connectivity index (χ3n) is 3.83. The minimum absolute atomic E-state index is 0.000139. The van der Waals surface area contributed by atoms with Crippen molar-refractivity contribution < 1.29 is 10.2 Å². The molecular weight excluding hydrogens is 164 g/mol. The van der Waals surface area contributed by atoms with Crippen LogP contribution in [0.4, 0.5) is 0 Å². The number of aliphatic hydroxyl groups is 2. The maximum atomic E-state index is 9.64. The SMILES string of the molecule is CC(O)C(C)(C)C1CCC(O)CC1. The molecule has 0 spiro atoms. The molecule has 13 heavy (non-hydrogen) atoms. The zero-order chi connectivity index (χ0) is 10.1. The van der Waals surface area contributed by atoms with Crippen LogP contribution in [0.25, 0.3) is 0 Å². The van der Waals surface area contributed by atoms with Crippen molar-refractivity contribution in [3.8, 4) is 0 Å². The number of aliphatic hydroxyl groups excluding tert-OH is 2. The van der Waals surface area contributed by atoms with Crippen molar-refractivity contribution in [2.24, 2.45) is 11.3 Å². The molecule has 0 radical (unpaired) electrons. The van der Waals surface area contributed by atoms with Crippen LogP contribution in [-0.4, -0.2) is 22.4 Å². The molecule has 1 rings (SSSR count). The second-order valence-corrected chi connectivity index (χ2v) is 5.00. The fraction of sp³-hybridized carbons (Fsp3) is 1.00. The van der Waals surface area contributed by atoms with Gasteiger partial charge in [0.1, 0.15) is 0 Å². The van der Waals surface area contributed by atoms with Crippen molar-refractivity contribution >= 4 is 0 Å².